The van der Waals surface area contributed by atoms with Crippen LogP contribution in [-0.2, 0) is 16.4 Å². The van der Waals surface area contributed by atoms with Gasteiger partial charge in [0.2, 0.25) is 0 Å². The van der Waals surface area contributed by atoms with Crippen molar-refractivity contribution < 1.29 is 16.4 Å². The zero-order valence-corrected chi connectivity index (χ0v) is 6.97. The van der Waals surface area contributed by atoms with Crippen LogP contribution in [0.1, 0.15) is 6.92 Å². The number of hydrogen-bond donors (Lipinski definition) is 0. The van der Waals surface area contributed by atoms with E-state index >= 15 is 0 Å². The van der Waals surface area contributed by atoms with Gasteiger partial charge >= 0.3 is 34.7 Å². The van der Waals surface area contributed by atoms with Crippen LogP contribution < -0.4 is 0 Å². The Bertz CT molecular complexity index is 20.0. The third-order valence-electron chi connectivity index (χ3n) is 0. The summed E-state index contributed by atoms with van der Waals surface area (Å²) in [6, 6.07) is 0. The predicted molar refractivity (Wildman–Crippen MR) is 29.4 cm³/mol. The maximum Gasteiger partial charge on any atom is 3.00 e. The molecule has 0 aromatic rings. The second-order valence-electron chi connectivity index (χ2n) is 0.408. The molecule has 0 rings (SSSR count). The van der Waals surface area contributed by atoms with Crippen LogP contribution in [0.5, 0.6) is 0 Å². The van der Waals surface area contributed by atoms with E-state index in [1.165, 1.54) is 0 Å². The minimum Gasteiger partial charge on any atom is -2.00 e. The minimum absolute atomic E-state index is 0. The molecule has 0 saturated carbocycles. The van der Waals surface area contributed by atoms with Gasteiger partial charge in [0, 0.05) is 0 Å². The van der Waals surface area contributed by atoms with Crippen LogP contribution in [0.3, 0.4) is 0 Å². The fourth-order valence-electron chi connectivity index (χ4n) is 0. The average molecular weight is 144 g/mol. The van der Waals surface area contributed by atoms with E-state index in [2.05, 4.69) is 6.58 Å². The summed E-state index contributed by atoms with van der Waals surface area (Å²) in [5, 5.41) is 0. The van der Waals surface area contributed by atoms with E-state index < -0.39 is 0 Å². The van der Waals surface area contributed by atoms with Crippen LogP contribution in [0, 0.1) is 0 Å². The predicted octanol–water partition coefficient (Wildman–Crippen LogP) is 0.0743. The Labute approximate surface area is 71.0 Å². The minimum atomic E-state index is 0. The van der Waals surface area contributed by atoms with Crippen LogP contribution >= 0.6 is 0 Å². The van der Waals surface area contributed by atoms with Crippen molar-refractivity contribution in [2.24, 2.45) is 0 Å². The molecule has 0 aliphatic carbocycles. The summed E-state index contributed by atoms with van der Waals surface area (Å²) in [6.07, 6.45) is 1.75. The summed E-state index contributed by atoms with van der Waals surface area (Å²) < 4.78 is 0. The zero-order valence-electron chi connectivity index (χ0n) is 4.66. The van der Waals surface area contributed by atoms with Crippen molar-refractivity contribution in [1.29, 1.82) is 0 Å². The molecular weight excluding hydrogens is 138 g/mol. The third kappa shape index (κ3) is 461. The summed E-state index contributed by atoms with van der Waals surface area (Å²) in [7, 11) is 0. The number of rotatable bonds is 0. The van der Waals surface area contributed by atoms with Crippen LogP contribution in [0.2, 0.25) is 0 Å². The Morgan fingerprint density at radius 3 is 1.00 bits per heavy atom. The van der Waals surface area contributed by atoms with Crippen molar-refractivity contribution in [2.45, 2.75) is 6.92 Å². The molecule has 0 N–H and O–H groups in total. The molecule has 0 aliphatic heterocycles. The second-order valence-corrected chi connectivity index (χ2v) is 0.408. The average Bonchev–Trinajstić information content (AvgIpc) is 0.918. The molecule has 0 aromatic heterocycles. The van der Waals surface area contributed by atoms with Gasteiger partial charge < -0.3 is 16.4 Å². The Balaban J connectivity index is -0.00000000200. The van der Waals surface area contributed by atoms with Crippen molar-refractivity contribution in [3.8, 4) is 0 Å². The molecule has 5 heteroatoms. The molecule has 0 heterocycles. The van der Waals surface area contributed by atoms with Crippen molar-refractivity contribution in [3.05, 3.63) is 12.7 Å². The Kier molecular flexibility index (Phi) is 1080. The molecule has 0 atom stereocenters. The van der Waals surface area contributed by atoms with Gasteiger partial charge in [-0.05, 0) is 6.92 Å². The molecule has 0 bridgehead atoms. The van der Waals surface area contributed by atoms with Crippen LogP contribution in [0.25, 0.3) is 0 Å². The van der Waals surface area contributed by atoms with E-state index in [9.17, 15) is 0 Å². The SMILES string of the molecule is C=CC.[Al+3].[Al+3].[O-2].[O-2].[O-2]. The molecular formula is C3H6Al2O3. The first kappa shape index (κ1) is 71.2. The molecule has 42 valence electrons. The normalized spacial score (nSPS) is 1.62. The van der Waals surface area contributed by atoms with E-state index in [0.29, 0.717) is 0 Å². The van der Waals surface area contributed by atoms with Gasteiger partial charge in [0.05, 0.1) is 0 Å². The molecule has 0 aromatic carbocycles. The van der Waals surface area contributed by atoms with Crippen LogP contribution in [0.15, 0.2) is 12.7 Å². The summed E-state index contributed by atoms with van der Waals surface area (Å²) in [6.45, 7) is 5.25. The van der Waals surface area contributed by atoms with Gasteiger partial charge in [-0.1, -0.05) is 6.08 Å². The largest absolute Gasteiger partial charge is 3.00 e. The first-order valence-corrected chi connectivity index (χ1v) is 0.986. The Hall–Kier alpha value is 0.685. The molecule has 0 aliphatic rings. The van der Waals surface area contributed by atoms with Gasteiger partial charge in [-0.15, -0.1) is 6.58 Å². The molecule has 0 radical (unpaired) electrons. The standard InChI is InChI=1S/C3H6.2Al.3O/c1-3-2;;;;;/h3H,1H2,2H3;;;;;/q;2*+3;3*-2. The van der Waals surface area contributed by atoms with Crippen molar-refractivity contribution in [3.63, 3.8) is 0 Å². The van der Waals surface area contributed by atoms with Gasteiger partial charge in [0.25, 0.3) is 0 Å². The number of allylic oxidation sites excluding steroid dienone is 1. The zero-order chi connectivity index (χ0) is 2.71. The summed E-state index contributed by atoms with van der Waals surface area (Å²) in [4.78, 5) is 0. The Morgan fingerprint density at radius 2 is 1.00 bits per heavy atom. The molecule has 0 spiro atoms. The van der Waals surface area contributed by atoms with Gasteiger partial charge in [-0.25, -0.2) is 0 Å². The summed E-state index contributed by atoms with van der Waals surface area (Å²) in [5.74, 6) is 0. The quantitative estimate of drug-likeness (QED) is 0.340. The van der Waals surface area contributed by atoms with Gasteiger partial charge in [0.15, 0.2) is 0 Å². The maximum absolute atomic E-state index is 3.36. The number of hydrogen-bond acceptors (Lipinski definition) is 0. The summed E-state index contributed by atoms with van der Waals surface area (Å²) in [5.41, 5.74) is 0. The van der Waals surface area contributed by atoms with Crippen molar-refractivity contribution in [2.75, 3.05) is 0 Å². The monoisotopic (exact) mass is 144 g/mol. The van der Waals surface area contributed by atoms with Crippen molar-refractivity contribution >= 4 is 34.7 Å². The molecule has 0 fully saturated rings. The van der Waals surface area contributed by atoms with E-state index in [1.807, 2.05) is 6.92 Å². The van der Waals surface area contributed by atoms with E-state index in [-0.39, 0.29) is 51.2 Å². The van der Waals surface area contributed by atoms with Gasteiger partial charge in [-0.3, -0.25) is 0 Å². The molecule has 8 heavy (non-hydrogen) atoms. The molecule has 0 unspecified atom stereocenters. The first-order valence-electron chi connectivity index (χ1n) is 0.986. The molecule has 3 nitrogen and oxygen atoms in total. The third-order valence-corrected chi connectivity index (χ3v) is 0. The second kappa shape index (κ2) is 121. The summed E-state index contributed by atoms with van der Waals surface area (Å²) >= 11 is 0. The fraction of sp³-hybridized carbons (Fsp3) is 0.333. The van der Waals surface area contributed by atoms with Gasteiger partial charge in [0.1, 0.15) is 0 Å². The van der Waals surface area contributed by atoms with Crippen LogP contribution in [0.4, 0.5) is 0 Å². The smallest absolute Gasteiger partial charge is 2.00 e. The topological polar surface area (TPSA) is 85.5 Å². The Morgan fingerprint density at radius 1 is 1.00 bits per heavy atom. The van der Waals surface area contributed by atoms with E-state index in [1.54, 1.807) is 6.08 Å². The van der Waals surface area contributed by atoms with Crippen molar-refractivity contribution in [1.82, 2.24) is 0 Å². The molecule has 0 saturated heterocycles. The van der Waals surface area contributed by atoms with E-state index in [4.69, 9.17) is 0 Å². The molecule has 0 amide bonds. The first-order chi connectivity index (χ1) is 1.41. The fourth-order valence-corrected chi connectivity index (χ4v) is 0. The van der Waals surface area contributed by atoms with Gasteiger partial charge in [-0.2, -0.15) is 0 Å². The van der Waals surface area contributed by atoms with Crippen LogP contribution in [-0.4, -0.2) is 34.7 Å². The maximum atomic E-state index is 3.36. The van der Waals surface area contributed by atoms with E-state index in [0.717, 1.165) is 0 Å².